The fourth-order valence-electron chi connectivity index (χ4n) is 4.24. The summed E-state index contributed by atoms with van der Waals surface area (Å²) in [5, 5.41) is 11.5. The molecule has 1 N–H and O–H groups in total. The van der Waals surface area contributed by atoms with Crippen LogP contribution in [0, 0.1) is 19.8 Å². The van der Waals surface area contributed by atoms with Gasteiger partial charge in [-0.15, -0.1) is 5.10 Å². The quantitative estimate of drug-likeness (QED) is 0.364. The van der Waals surface area contributed by atoms with Crippen LogP contribution < -0.4 is 10.2 Å². The van der Waals surface area contributed by atoms with E-state index in [9.17, 15) is 9.59 Å². The first kappa shape index (κ1) is 25.1. The summed E-state index contributed by atoms with van der Waals surface area (Å²) in [5.41, 5.74) is 4.92. The van der Waals surface area contributed by atoms with Crippen LogP contribution >= 0.6 is 0 Å². The SMILES string of the molecule is Cc1ccc(C(C(=O)NCCC(C)C)N(C(=O)Cn2nnc3ccccc32)c2ccccc2C)cc1. The number of carbonyl (C=O) groups is 2. The number of aromatic nitrogens is 3. The van der Waals surface area contributed by atoms with Gasteiger partial charge in [-0.3, -0.25) is 14.5 Å². The first-order valence-corrected chi connectivity index (χ1v) is 12.4. The molecule has 186 valence electrons. The summed E-state index contributed by atoms with van der Waals surface area (Å²) in [6.07, 6.45) is 0.857. The van der Waals surface area contributed by atoms with Crippen LogP contribution in [-0.4, -0.2) is 33.4 Å². The summed E-state index contributed by atoms with van der Waals surface area (Å²) in [5.74, 6) is 0.00177. The topological polar surface area (TPSA) is 80.1 Å². The van der Waals surface area contributed by atoms with E-state index in [4.69, 9.17) is 0 Å². The Kier molecular flexibility index (Phi) is 7.78. The van der Waals surface area contributed by atoms with Gasteiger partial charge in [-0.25, -0.2) is 4.68 Å². The molecule has 0 aliphatic rings. The van der Waals surface area contributed by atoms with Crippen molar-refractivity contribution in [2.75, 3.05) is 11.4 Å². The van der Waals surface area contributed by atoms with Gasteiger partial charge >= 0.3 is 0 Å². The van der Waals surface area contributed by atoms with Gasteiger partial charge in [-0.1, -0.05) is 79.2 Å². The van der Waals surface area contributed by atoms with Crippen molar-refractivity contribution in [2.45, 2.75) is 46.7 Å². The first-order valence-electron chi connectivity index (χ1n) is 12.4. The number of hydrogen-bond donors (Lipinski definition) is 1. The third-order valence-corrected chi connectivity index (χ3v) is 6.27. The summed E-state index contributed by atoms with van der Waals surface area (Å²) < 4.78 is 1.59. The fraction of sp³-hybridized carbons (Fsp3) is 0.310. The number of aryl methyl sites for hydroxylation is 2. The lowest BCUT2D eigenvalue weighted by molar-refractivity contribution is -0.127. The van der Waals surface area contributed by atoms with E-state index < -0.39 is 6.04 Å². The molecular weight excluding hydrogens is 450 g/mol. The highest BCUT2D eigenvalue weighted by Gasteiger charge is 2.33. The second-order valence-electron chi connectivity index (χ2n) is 9.57. The van der Waals surface area contributed by atoms with Crippen molar-refractivity contribution in [3.8, 4) is 0 Å². The molecule has 0 saturated carbocycles. The van der Waals surface area contributed by atoms with Gasteiger partial charge in [0.25, 0.3) is 0 Å². The van der Waals surface area contributed by atoms with Crippen molar-refractivity contribution in [1.82, 2.24) is 20.3 Å². The van der Waals surface area contributed by atoms with Gasteiger partial charge in [-0.05, 0) is 55.5 Å². The fourth-order valence-corrected chi connectivity index (χ4v) is 4.24. The number of nitrogens with zero attached hydrogens (tertiary/aromatic N) is 4. The van der Waals surface area contributed by atoms with Crippen molar-refractivity contribution >= 4 is 28.5 Å². The highest BCUT2D eigenvalue weighted by molar-refractivity contribution is 6.02. The Morgan fingerprint density at radius 2 is 1.64 bits per heavy atom. The average molecular weight is 484 g/mol. The molecule has 0 bridgehead atoms. The van der Waals surface area contributed by atoms with Crippen molar-refractivity contribution in [1.29, 1.82) is 0 Å². The number of nitrogens with one attached hydrogen (secondary N) is 1. The van der Waals surface area contributed by atoms with Crippen molar-refractivity contribution < 1.29 is 9.59 Å². The van der Waals surface area contributed by atoms with Gasteiger partial charge in [0.2, 0.25) is 11.8 Å². The maximum atomic E-state index is 14.0. The largest absolute Gasteiger partial charge is 0.354 e. The maximum Gasteiger partial charge on any atom is 0.249 e. The molecule has 3 aromatic carbocycles. The zero-order valence-corrected chi connectivity index (χ0v) is 21.3. The molecule has 7 nitrogen and oxygen atoms in total. The Hall–Kier alpha value is -4.00. The molecule has 0 saturated heterocycles. The van der Waals surface area contributed by atoms with Crippen LogP contribution in [0.4, 0.5) is 5.69 Å². The van der Waals surface area contributed by atoms with Crippen molar-refractivity contribution in [3.63, 3.8) is 0 Å². The van der Waals surface area contributed by atoms with E-state index >= 15 is 0 Å². The maximum absolute atomic E-state index is 14.0. The van der Waals surface area contributed by atoms with Crippen LogP contribution in [-0.2, 0) is 16.1 Å². The predicted octanol–water partition coefficient (Wildman–Crippen LogP) is 4.98. The second kappa shape index (κ2) is 11.2. The highest BCUT2D eigenvalue weighted by atomic mass is 16.2. The highest BCUT2D eigenvalue weighted by Crippen LogP contribution is 2.31. The normalized spacial score (nSPS) is 12.0. The monoisotopic (exact) mass is 483 g/mol. The lowest BCUT2D eigenvalue weighted by Gasteiger charge is -2.32. The van der Waals surface area contributed by atoms with Gasteiger partial charge in [0, 0.05) is 12.2 Å². The third kappa shape index (κ3) is 5.62. The van der Waals surface area contributed by atoms with Gasteiger partial charge in [0.15, 0.2) is 0 Å². The summed E-state index contributed by atoms with van der Waals surface area (Å²) in [6, 6.07) is 22.1. The number of amides is 2. The Bertz CT molecular complexity index is 1340. The van der Waals surface area contributed by atoms with E-state index in [0.29, 0.717) is 23.7 Å². The van der Waals surface area contributed by atoms with Crippen LogP contribution in [0.1, 0.15) is 43.0 Å². The first-order chi connectivity index (χ1) is 17.3. The number of benzene rings is 3. The van der Waals surface area contributed by atoms with Gasteiger partial charge in [0.05, 0.1) is 5.52 Å². The lowest BCUT2D eigenvalue weighted by atomic mass is 10.0. The summed E-state index contributed by atoms with van der Waals surface area (Å²) in [6.45, 7) is 8.69. The van der Waals surface area contributed by atoms with Gasteiger partial charge < -0.3 is 5.32 Å². The molecular formula is C29H33N5O2. The van der Waals surface area contributed by atoms with E-state index in [2.05, 4.69) is 29.5 Å². The van der Waals surface area contributed by atoms with Crippen LogP contribution in [0.5, 0.6) is 0 Å². The van der Waals surface area contributed by atoms with Crippen LogP contribution in [0.25, 0.3) is 11.0 Å². The standard InChI is InChI=1S/C29H33N5O2/c1-20(2)17-18-30-29(36)28(23-15-13-21(3)14-16-23)34(25-11-7-5-9-22(25)4)27(35)19-33-26-12-8-6-10-24(26)31-32-33/h5-16,20,28H,17-19H2,1-4H3,(H,30,36). The number of para-hydroxylation sites is 2. The Morgan fingerprint density at radius 3 is 2.36 bits per heavy atom. The van der Waals surface area contributed by atoms with Crippen LogP contribution in [0.15, 0.2) is 72.8 Å². The number of anilines is 1. The third-order valence-electron chi connectivity index (χ3n) is 6.27. The zero-order chi connectivity index (χ0) is 25.7. The molecule has 0 radical (unpaired) electrons. The molecule has 4 rings (SSSR count). The minimum absolute atomic E-state index is 0.0452. The van der Waals surface area contributed by atoms with E-state index in [1.807, 2.05) is 86.6 Å². The summed E-state index contributed by atoms with van der Waals surface area (Å²) in [4.78, 5) is 29.4. The smallest absolute Gasteiger partial charge is 0.249 e. The molecule has 1 atom stereocenters. The molecule has 4 aromatic rings. The van der Waals surface area contributed by atoms with Crippen LogP contribution in [0.2, 0.25) is 0 Å². The van der Waals surface area contributed by atoms with Gasteiger partial charge in [0.1, 0.15) is 18.1 Å². The van der Waals surface area contributed by atoms with E-state index in [1.165, 1.54) is 0 Å². The number of carbonyl (C=O) groups excluding carboxylic acids is 2. The molecule has 1 heterocycles. The molecule has 2 amide bonds. The molecule has 0 fully saturated rings. The molecule has 36 heavy (non-hydrogen) atoms. The second-order valence-corrected chi connectivity index (χ2v) is 9.57. The zero-order valence-electron chi connectivity index (χ0n) is 21.3. The minimum Gasteiger partial charge on any atom is -0.354 e. The number of rotatable bonds is 9. The summed E-state index contributed by atoms with van der Waals surface area (Å²) in [7, 11) is 0. The Balaban J connectivity index is 1.77. The number of hydrogen-bond acceptors (Lipinski definition) is 4. The molecule has 1 unspecified atom stereocenters. The van der Waals surface area contributed by atoms with Gasteiger partial charge in [-0.2, -0.15) is 0 Å². The van der Waals surface area contributed by atoms with Crippen molar-refractivity contribution in [3.05, 3.63) is 89.5 Å². The van der Waals surface area contributed by atoms with E-state index in [-0.39, 0.29) is 18.4 Å². The molecule has 7 heteroatoms. The molecule has 1 aromatic heterocycles. The Morgan fingerprint density at radius 1 is 0.944 bits per heavy atom. The van der Waals surface area contributed by atoms with E-state index in [1.54, 1.807) is 9.58 Å². The average Bonchev–Trinajstić information content (AvgIpc) is 3.26. The Labute approximate surface area is 212 Å². The number of fused-ring (bicyclic) bond motifs is 1. The molecule has 0 aliphatic heterocycles. The lowest BCUT2D eigenvalue weighted by Crippen LogP contribution is -2.46. The van der Waals surface area contributed by atoms with Crippen LogP contribution in [0.3, 0.4) is 0 Å². The predicted molar refractivity (Wildman–Crippen MR) is 143 cm³/mol. The summed E-state index contributed by atoms with van der Waals surface area (Å²) >= 11 is 0. The molecule has 0 spiro atoms. The van der Waals surface area contributed by atoms with Crippen molar-refractivity contribution in [2.24, 2.45) is 5.92 Å². The molecule has 0 aliphatic carbocycles. The van der Waals surface area contributed by atoms with E-state index in [0.717, 1.165) is 28.6 Å². The minimum atomic E-state index is -0.832.